The molecule has 0 radical (unpaired) electrons. The number of rotatable bonds is 3. The average molecular weight is 203 g/mol. The molecule has 1 unspecified atom stereocenters. The monoisotopic (exact) mass is 203 g/mol. The molecule has 0 aromatic heterocycles. The first-order chi connectivity index (χ1) is 6.56. The van der Waals surface area contributed by atoms with Gasteiger partial charge in [0.05, 0.1) is 6.54 Å². The van der Waals surface area contributed by atoms with Crippen LogP contribution in [-0.4, -0.2) is 41.3 Å². The molecule has 1 saturated heterocycles. The van der Waals surface area contributed by atoms with Crippen LogP contribution >= 0.6 is 0 Å². The minimum Gasteiger partial charge on any atom is -0.388 e. The van der Waals surface area contributed by atoms with E-state index in [1.807, 2.05) is 13.8 Å². The highest BCUT2D eigenvalue weighted by Gasteiger charge is 2.35. The zero-order valence-electron chi connectivity index (χ0n) is 8.74. The predicted octanol–water partition coefficient (Wildman–Crippen LogP) is 0.964. The maximum absolute atomic E-state index is 12.9. The van der Waals surface area contributed by atoms with E-state index in [-0.39, 0.29) is 24.9 Å². The number of aliphatic hydroxyl groups excluding tert-OH is 1. The Morgan fingerprint density at radius 3 is 2.71 bits per heavy atom. The van der Waals surface area contributed by atoms with Crippen molar-refractivity contribution in [2.24, 2.45) is 5.92 Å². The van der Waals surface area contributed by atoms with E-state index in [1.54, 1.807) is 0 Å². The summed E-state index contributed by atoms with van der Waals surface area (Å²) in [6.45, 7) is 4.06. The minimum absolute atomic E-state index is 0.0361. The number of hydrogen-bond acceptors (Lipinski definition) is 2. The fourth-order valence-electron chi connectivity index (χ4n) is 1.80. The van der Waals surface area contributed by atoms with Crippen molar-refractivity contribution in [3.63, 3.8) is 0 Å². The summed E-state index contributed by atoms with van der Waals surface area (Å²) in [5, 5.41) is 9.16. The number of halogens is 1. The lowest BCUT2D eigenvalue weighted by Crippen LogP contribution is -2.34. The Kier molecular flexibility index (Phi) is 3.86. The zero-order chi connectivity index (χ0) is 10.7. The number of amides is 1. The van der Waals surface area contributed by atoms with Crippen LogP contribution in [0.4, 0.5) is 4.39 Å². The first kappa shape index (κ1) is 11.4. The fourth-order valence-corrected chi connectivity index (χ4v) is 1.80. The molecule has 3 nitrogen and oxygen atoms in total. The molecule has 1 rings (SSSR count). The second kappa shape index (κ2) is 4.73. The second-order valence-corrected chi connectivity index (χ2v) is 4.02. The predicted molar refractivity (Wildman–Crippen MR) is 51.6 cm³/mol. The highest BCUT2D eigenvalue weighted by atomic mass is 19.1. The summed E-state index contributed by atoms with van der Waals surface area (Å²) >= 11 is 0. The number of aliphatic hydroxyl groups is 1. The van der Waals surface area contributed by atoms with Crippen LogP contribution in [0, 0.1) is 5.92 Å². The van der Waals surface area contributed by atoms with Crippen LogP contribution in [0.2, 0.25) is 0 Å². The van der Waals surface area contributed by atoms with Crippen LogP contribution in [0.3, 0.4) is 0 Å². The molecule has 0 spiro atoms. The SMILES string of the molecule is CCCC(C)C(=O)N1C[C@@H](O)[C@H](F)C1. The normalized spacial score (nSPS) is 29.3. The van der Waals surface area contributed by atoms with Crippen LogP contribution < -0.4 is 0 Å². The second-order valence-electron chi connectivity index (χ2n) is 4.02. The molecule has 1 N–H and O–H groups in total. The molecule has 0 aliphatic carbocycles. The molecule has 4 heteroatoms. The van der Waals surface area contributed by atoms with Gasteiger partial charge < -0.3 is 10.0 Å². The molecule has 0 aromatic carbocycles. The van der Waals surface area contributed by atoms with Crippen molar-refractivity contribution in [3.05, 3.63) is 0 Å². The van der Waals surface area contributed by atoms with Crippen LogP contribution in [0.1, 0.15) is 26.7 Å². The number of alkyl halides is 1. The first-order valence-electron chi connectivity index (χ1n) is 5.17. The van der Waals surface area contributed by atoms with Crippen LogP contribution in [-0.2, 0) is 4.79 Å². The molecule has 0 aromatic rings. The van der Waals surface area contributed by atoms with E-state index in [1.165, 1.54) is 4.90 Å². The Morgan fingerprint density at radius 1 is 1.64 bits per heavy atom. The van der Waals surface area contributed by atoms with Crippen molar-refractivity contribution < 1.29 is 14.3 Å². The molecule has 1 amide bonds. The van der Waals surface area contributed by atoms with Crippen LogP contribution in [0.25, 0.3) is 0 Å². The van der Waals surface area contributed by atoms with E-state index in [0.717, 1.165) is 12.8 Å². The van der Waals surface area contributed by atoms with Gasteiger partial charge in [-0.05, 0) is 6.42 Å². The van der Waals surface area contributed by atoms with Gasteiger partial charge in [-0.25, -0.2) is 4.39 Å². The first-order valence-corrected chi connectivity index (χ1v) is 5.17. The van der Waals surface area contributed by atoms with E-state index in [0.29, 0.717) is 0 Å². The summed E-state index contributed by atoms with van der Waals surface area (Å²) in [6, 6.07) is 0. The van der Waals surface area contributed by atoms with Gasteiger partial charge in [0, 0.05) is 12.5 Å². The molecule has 1 fully saturated rings. The van der Waals surface area contributed by atoms with Crippen LogP contribution in [0.15, 0.2) is 0 Å². The summed E-state index contributed by atoms with van der Waals surface area (Å²) in [7, 11) is 0. The van der Waals surface area contributed by atoms with Crippen molar-refractivity contribution in [2.45, 2.75) is 39.0 Å². The molecule has 1 aliphatic heterocycles. The van der Waals surface area contributed by atoms with Crippen molar-refractivity contribution in [1.82, 2.24) is 4.90 Å². The largest absolute Gasteiger partial charge is 0.388 e. The van der Waals surface area contributed by atoms with Gasteiger partial charge in [-0.3, -0.25) is 4.79 Å². The molecular weight excluding hydrogens is 185 g/mol. The number of likely N-dealkylation sites (tertiary alicyclic amines) is 1. The van der Waals surface area contributed by atoms with Gasteiger partial charge >= 0.3 is 0 Å². The Morgan fingerprint density at radius 2 is 2.29 bits per heavy atom. The average Bonchev–Trinajstić information content (AvgIpc) is 2.46. The third kappa shape index (κ3) is 2.44. The highest BCUT2D eigenvalue weighted by Crippen LogP contribution is 2.17. The third-order valence-electron chi connectivity index (χ3n) is 2.67. The van der Waals surface area contributed by atoms with E-state index < -0.39 is 12.3 Å². The number of carbonyl (C=O) groups excluding carboxylic acids is 1. The van der Waals surface area contributed by atoms with E-state index >= 15 is 0 Å². The van der Waals surface area contributed by atoms with Gasteiger partial charge in [0.25, 0.3) is 0 Å². The Balaban J connectivity index is 2.46. The van der Waals surface area contributed by atoms with Crippen LogP contribution in [0.5, 0.6) is 0 Å². The van der Waals surface area contributed by atoms with E-state index in [9.17, 15) is 9.18 Å². The van der Waals surface area contributed by atoms with Crippen molar-refractivity contribution >= 4 is 5.91 Å². The topological polar surface area (TPSA) is 40.5 Å². The van der Waals surface area contributed by atoms with Gasteiger partial charge in [0.2, 0.25) is 5.91 Å². The van der Waals surface area contributed by atoms with Gasteiger partial charge in [0.15, 0.2) is 0 Å². The summed E-state index contributed by atoms with van der Waals surface area (Å²) in [5.41, 5.74) is 0. The van der Waals surface area contributed by atoms with E-state index in [4.69, 9.17) is 5.11 Å². The molecule has 1 heterocycles. The standard InChI is InChI=1S/C10H18FNO2/c1-3-4-7(2)10(14)12-5-8(11)9(13)6-12/h7-9,13H,3-6H2,1-2H3/t7?,8-,9-/m1/s1. The summed E-state index contributed by atoms with van der Waals surface area (Å²) in [4.78, 5) is 13.1. The minimum atomic E-state index is -1.27. The lowest BCUT2D eigenvalue weighted by Gasteiger charge is -2.19. The van der Waals surface area contributed by atoms with E-state index in [2.05, 4.69) is 0 Å². The maximum atomic E-state index is 12.9. The molecule has 0 saturated carbocycles. The quantitative estimate of drug-likeness (QED) is 0.742. The Hall–Kier alpha value is -0.640. The molecule has 0 bridgehead atoms. The molecule has 82 valence electrons. The molecule has 14 heavy (non-hydrogen) atoms. The smallest absolute Gasteiger partial charge is 0.225 e. The van der Waals surface area contributed by atoms with Gasteiger partial charge in [-0.15, -0.1) is 0 Å². The van der Waals surface area contributed by atoms with Gasteiger partial charge in [-0.2, -0.15) is 0 Å². The van der Waals surface area contributed by atoms with Crippen molar-refractivity contribution in [2.75, 3.05) is 13.1 Å². The van der Waals surface area contributed by atoms with Gasteiger partial charge in [0.1, 0.15) is 12.3 Å². The Labute approximate surface area is 83.9 Å². The Bertz CT molecular complexity index is 200. The third-order valence-corrected chi connectivity index (χ3v) is 2.67. The highest BCUT2D eigenvalue weighted by molar-refractivity contribution is 5.78. The molecule has 3 atom stereocenters. The summed E-state index contributed by atoms with van der Waals surface area (Å²) in [6.07, 6.45) is -0.495. The maximum Gasteiger partial charge on any atom is 0.225 e. The number of carbonyl (C=O) groups is 1. The summed E-state index contributed by atoms with van der Waals surface area (Å²) < 4.78 is 12.9. The van der Waals surface area contributed by atoms with Crippen molar-refractivity contribution in [3.8, 4) is 0 Å². The number of β-amino-alcohol motifs (C(OH)–C–C–N with tert-alkyl or cyclic N) is 1. The number of hydrogen-bond donors (Lipinski definition) is 1. The molecular formula is C10H18FNO2. The fraction of sp³-hybridized carbons (Fsp3) is 0.900. The number of nitrogens with zero attached hydrogens (tertiary/aromatic N) is 1. The lowest BCUT2D eigenvalue weighted by atomic mass is 10.1. The summed E-state index contributed by atoms with van der Waals surface area (Å²) in [5.74, 6) is -0.0939. The molecule has 1 aliphatic rings. The van der Waals surface area contributed by atoms with Gasteiger partial charge in [-0.1, -0.05) is 20.3 Å². The zero-order valence-corrected chi connectivity index (χ0v) is 8.74. The lowest BCUT2D eigenvalue weighted by molar-refractivity contribution is -0.134. The van der Waals surface area contributed by atoms with Crippen molar-refractivity contribution in [1.29, 1.82) is 0 Å².